The van der Waals surface area contributed by atoms with Gasteiger partial charge in [-0.2, -0.15) is 0 Å². The molecule has 0 unspecified atom stereocenters. The Hall–Kier alpha value is -3.28. The molecule has 2 amide bonds. The molecule has 6 nitrogen and oxygen atoms in total. The molecule has 2 saturated carbocycles. The van der Waals surface area contributed by atoms with Gasteiger partial charge in [-0.25, -0.2) is 0 Å². The van der Waals surface area contributed by atoms with E-state index >= 15 is 0 Å². The van der Waals surface area contributed by atoms with Crippen LogP contribution in [-0.2, 0) is 11.3 Å². The molecule has 1 N–H and O–H groups in total. The summed E-state index contributed by atoms with van der Waals surface area (Å²) < 4.78 is 11.3. The van der Waals surface area contributed by atoms with Crippen molar-refractivity contribution in [2.24, 2.45) is 5.92 Å². The standard InChI is InChI=1S/C28H34N2O4/c1-19(2)18-34-25-14-6-20(16-26(25)33-3)7-15-27(31)30(24-12-13-24)17-21-4-8-22(9-5-21)28(32)29-23-10-11-23/h4-9,14-16,19,23-24H,10-13,17-18H2,1-3H3,(H,29,32)/b15-7+. The third-order valence-electron chi connectivity index (χ3n) is 5.93. The number of ether oxygens (including phenoxy) is 2. The van der Waals surface area contributed by atoms with Crippen molar-refractivity contribution in [2.45, 2.75) is 58.2 Å². The monoisotopic (exact) mass is 462 g/mol. The van der Waals surface area contributed by atoms with Crippen molar-refractivity contribution in [3.63, 3.8) is 0 Å². The van der Waals surface area contributed by atoms with Gasteiger partial charge in [0.05, 0.1) is 13.7 Å². The molecule has 0 saturated heterocycles. The van der Waals surface area contributed by atoms with Crippen molar-refractivity contribution < 1.29 is 19.1 Å². The Morgan fingerprint density at radius 1 is 1.06 bits per heavy atom. The zero-order chi connectivity index (χ0) is 24.1. The number of hydrogen-bond donors (Lipinski definition) is 1. The van der Waals surface area contributed by atoms with Crippen LogP contribution in [-0.4, -0.2) is 42.5 Å². The van der Waals surface area contributed by atoms with Crippen molar-refractivity contribution in [1.29, 1.82) is 0 Å². The highest BCUT2D eigenvalue weighted by Crippen LogP contribution is 2.30. The van der Waals surface area contributed by atoms with Crippen molar-refractivity contribution in [3.05, 3.63) is 65.2 Å². The lowest BCUT2D eigenvalue weighted by Gasteiger charge is -2.21. The van der Waals surface area contributed by atoms with E-state index in [1.54, 1.807) is 13.2 Å². The van der Waals surface area contributed by atoms with Crippen LogP contribution in [0.4, 0.5) is 0 Å². The molecule has 0 spiro atoms. The predicted molar refractivity (Wildman–Crippen MR) is 133 cm³/mol. The first kappa shape index (κ1) is 23.9. The van der Waals surface area contributed by atoms with Gasteiger partial charge in [0, 0.05) is 30.3 Å². The van der Waals surface area contributed by atoms with Gasteiger partial charge in [-0.15, -0.1) is 0 Å². The van der Waals surface area contributed by atoms with Crippen LogP contribution in [0.3, 0.4) is 0 Å². The van der Waals surface area contributed by atoms with Crippen molar-refractivity contribution in [3.8, 4) is 11.5 Å². The van der Waals surface area contributed by atoms with E-state index in [1.165, 1.54) is 0 Å². The normalized spacial score (nSPS) is 15.4. The summed E-state index contributed by atoms with van der Waals surface area (Å²) in [6.45, 7) is 5.35. The molecule has 180 valence electrons. The third kappa shape index (κ3) is 6.62. The molecule has 34 heavy (non-hydrogen) atoms. The number of nitrogens with zero attached hydrogens (tertiary/aromatic N) is 1. The van der Waals surface area contributed by atoms with Gasteiger partial charge in [0.1, 0.15) is 0 Å². The Bertz CT molecular complexity index is 1040. The molecule has 0 bridgehead atoms. The summed E-state index contributed by atoms with van der Waals surface area (Å²) in [6.07, 6.45) is 7.63. The van der Waals surface area contributed by atoms with Crippen LogP contribution >= 0.6 is 0 Å². The average Bonchev–Trinajstić information content (AvgIpc) is 3.75. The summed E-state index contributed by atoms with van der Waals surface area (Å²) in [4.78, 5) is 27.1. The lowest BCUT2D eigenvalue weighted by atomic mass is 10.1. The first-order valence-electron chi connectivity index (χ1n) is 12.1. The van der Waals surface area contributed by atoms with Crippen LogP contribution in [0, 0.1) is 5.92 Å². The van der Waals surface area contributed by atoms with Gasteiger partial charge in [-0.1, -0.05) is 32.0 Å². The Kier molecular flexibility index (Phi) is 7.56. The van der Waals surface area contributed by atoms with E-state index < -0.39 is 0 Å². The van der Waals surface area contributed by atoms with Crippen LogP contribution in [0.1, 0.15) is 61.0 Å². The van der Waals surface area contributed by atoms with Crippen LogP contribution < -0.4 is 14.8 Å². The molecule has 2 aliphatic carbocycles. The minimum Gasteiger partial charge on any atom is -0.493 e. The van der Waals surface area contributed by atoms with Crippen molar-refractivity contribution >= 4 is 17.9 Å². The summed E-state index contributed by atoms with van der Waals surface area (Å²) in [5.74, 6) is 1.74. The van der Waals surface area contributed by atoms with Crippen LogP contribution in [0.2, 0.25) is 0 Å². The van der Waals surface area contributed by atoms with Crippen molar-refractivity contribution in [2.75, 3.05) is 13.7 Å². The molecule has 0 aromatic heterocycles. The van der Waals surface area contributed by atoms with E-state index in [-0.39, 0.29) is 17.9 Å². The molecule has 4 rings (SSSR count). The zero-order valence-corrected chi connectivity index (χ0v) is 20.3. The molecule has 2 fully saturated rings. The first-order chi connectivity index (χ1) is 16.4. The highest BCUT2D eigenvalue weighted by Gasteiger charge is 2.31. The van der Waals surface area contributed by atoms with Gasteiger partial charge in [-0.3, -0.25) is 9.59 Å². The van der Waals surface area contributed by atoms with Gasteiger partial charge >= 0.3 is 0 Å². The second-order valence-corrected chi connectivity index (χ2v) is 9.59. The Morgan fingerprint density at radius 2 is 1.79 bits per heavy atom. The maximum atomic E-state index is 13.0. The van der Waals surface area contributed by atoms with E-state index in [0.717, 1.165) is 36.8 Å². The average molecular weight is 463 g/mol. The molecular formula is C28H34N2O4. The summed E-state index contributed by atoms with van der Waals surface area (Å²) in [6, 6.07) is 13.9. The van der Waals surface area contributed by atoms with Crippen molar-refractivity contribution in [1.82, 2.24) is 10.2 Å². The molecule has 2 aromatic carbocycles. The molecule has 6 heteroatoms. The minimum atomic E-state index is -0.0249. The predicted octanol–water partition coefficient (Wildman–Crippen LogP) is 4.83. The second-order valence-electron chi connectivity index (χ2n) is 9.59. The van der Waals surface area contributed by atoms with Crippen LogP contribution in [0.15, 0.2) is 48.5 Å². The van der Waals surface area contributed by atoms with Gasteiger partial charge in [0.2, 0.25) is 5.91 Å². The summed E-state index contributed by atoms with van der Waals surface area (Å²) >= 11 is 0. The van der Waals surface area contributed by atoms with E-state index in [1.807, 2.05) is 53.4 Å². The van der Waals surface area contributed by atoms with E-state index in [9.17, 15) is 9.59 Å². The van der Waals surface area contributed by atoms with Crippen LogP contribution in [0.25, 0.3) is 6.08 Å². The molecule has 0 atom stereocenters. The van der Waals surface area contributed by atoms with Gasteiger partial charge < -0.3 is 19.7 Å². The number of nitrogens with one attached hydrogen (secondary N) is 1. The molecule has 0 aliphatic heterocycles. The van der Waals surface area contributed by atoms with Gasteiger partial charge in [0.25, 0.3) is 5.91 Å². The maximum absolute atomic E-state index is 13.0. The molecule has 0 heterocycles. The largest absolute Gasteiger partial charge is 0.493 e. The Balaban J connectivity index is 1.38. The highest BCUT2D eigenvalue weighted by atomic mass is 16.5. The minimum absolute atomic E-state index is 0.0165. The Morgan fingerprint density at radius 3 is 2.41 bits per heavy atom. The molecule has 2 aromatic rings. The van der Waals surface area contributed by atoms with E-state index in [2.05, 4.69) is 19.2 Å². The fourth-order valence-corrected chi connectivity index (χ4v) is 3.65. The maximum Gasteiger partial charge on any atom is 0.251 e. The number of carbonyl (C=O) groups excluding carboxylic acids is 2. The van der Waals surface area contributed by atoms with Gasteiger partial charge in [0.15, 0.2) is 11.5 Å². The number of benzene rings is 2. The SMILES string of the molecule is COc1cc(/C=C/C(=O)N(Cc2ccc(C(=O)NC3CC3)cc2)C2CC2)ccc1OCC(C)C. The fraction of sp³-hybridized carbons (Fsp3) is 0.429. The number of hydrogen-bond acceptors (Lipinski definition) is 4. The molecular weight excluding hydrogens is 428 g/mol. The topological polar surface area (TPSA) is 67.9 Å². The lowest BCUT2D eigenvalue weighted by Crippen LogP contribution is -2.31. The third-order valence-corrected chi connectivity index (χ3v) is 5.93. The van der Waals surface area contributed by atoms with E-state index in [4.69, 9.17) is 9.47 Å². The molecule has 0 radical (unpaired) electrons. The van der Waals surface area contributed by atoms with Crippen LogP contribution in [0.5, 0.6) is 11.5 Å². The smallest absolute Gasteiger partial charge is 0.251 e. The van der Waals surface area contributed by atoms with Gasteiger partial charge in [-0.05, 0) is 73.1 Å². The number of carbonyl (C=O) groups is 2. The fourth-order valence-electron chi connectivity index (χ4n) is 3.65. The quantitative estimate of drug-likeness (QED) is 0.486. The summed E-state index contributed by atoms with van der Waals surface area (Å²) in [7, 11) is 1.62. The zero-order valence-electron chi connectivity index (χ0n) is 20.3. The highest BCUT2D eigenvalue weighted by molar-refractivity contribution is 5.94. The second kappa shape index (κ2) is 10.8. The first-order valence-corrected chi connectivity index (χ1v) is 12.1. The summed E-state index contributed by atoms with van der Waals surface area (Å²) in [5, 5.41) is 3.00. The molecule has 2 aliphatic rings. The number of amides is 2. The lowest BCUT2D eigenvalue weighted by molar-refractivity contribution is -0.127. The Labute approximate surface area is 201 Å². The van der Waals surface area contributed by atoms with E-state index in [0.29, 0.717) is 42.2 Å². The summed E-state index contributed by atoms with van der Waals surface area (Å²) in [5.41, 5.74) is 2.56. The number of rotatable bonds is 11. The number of methoxy groups -OCH3 is 1.